The minimum atomic E-state index is -0.939. The molecule has 0 saturated heterocycles. The van der Waals surface area contributed by atoms with Gasteiger partial charge < -0.3 is 0 Å². The van der Waals surface area contributed by atoms with Gasteiger partial charge in [-0.3, -0.25) is 0 Å². The summed E-state index contributed by atoms with van der Waals surface area (Å²) in [5, 5.41) is 4.52. The van der Waals surface area contributed by atoms with Crippen LogP contribution >= 0.6 is 0 Å². The van der Waals surface area contributed by atoms with Gasteiger partial charge in [-0.25, -0.2) is 12.1 Å². The van der Waals surface area contributed by atoms with E-state index in [4.69, 9.17) is 0 Å². The van der Waals surface area contributed by atoms with Gasteiger partial charge in [0.05, 0.1) is 8.80 Å². The van der Waals surface area contributed by atoms with Crippen molar-refractivity contribution < 1.29 is 18.9 Å². The van der Waals surface area contributed by atoms with Crippen LogP contribution in [0.25, 0.3) is 0 Å². The molecule has 0 fully saturated rings. The molecule has 1 radical (unpaired) electrons. The van der Waals surface area contributed by atoms with Gasteiger partial charge in [0, 0.05) is 8.07 Å². The Hall–Kier alpha value is -1.83. The van der Waals surface area contributed by atoms with Crippen LogP contribution in [0.3, 0.4) is 0 Å². The van der Waals surface area contributed by atoms with Crippen LogP contribution in [0, 0.1) is 27.7 Å². The minimum absolute atomic E-state index is 0. The molecule has 0 unspecified atom stereocenters. The monoisotopic (exact) mass is 460 g/mol. The van der Waals surface area contributed by atoms with Crippen LogP contribution < -0.4 is 34.4 Å². The van der Waals surface area contributed by atoms with E-state index in [-0.39, 0.29) is 18.9 Å². The summed E-state index contributed by atoms with van der Waals surface area (Å²) in [6, 6.07) is 32.0. The zero-order valence-corrected chi connectivity index (χ0v) is 23.8. The molecule has 0 nitrogen and oxygen atoms in total. The summed E-state index contributed by atoms with van der Waals surface area (Å²) in [5.41, 5.74) is 7.40. The van der Waals surface area contributed by atoms with Crippen LogP contribution in [0.2, 0.25) is 19.6 Å². The van der Waals surface area contributed by atoms with E-state index in [1.165, 1.54) is 44.2 Å². The summed E-state index contributed by atoms with van der Waals surface area (Å²) in [6.45, 7) is 16.3. The van der Waals surface area contributed by atoms with Crippen molar-refractivity contribution in [1.82, 2.24) is 0 Å². The van der Waals surface area contributed by atoms with Gasteiger partial charge in [-0.15, -0.1) is 0 Å². The Morgan fingerprint density at radius 2 is 1.27 bits per heavy atom. The first kappa shape index (κ1) is 27.4. The topological polar surface area (TPSA) is 0 Å². The Bertz CT molecular complexity index is 1040. The van der Waals surface area contributed by atoms with Crippen molar-refractivity contribution in [2.24, 2.45) is 0 Å². The van der Waals surface area contributed by atoms with E-state index in [1.807, 2.05) is 0 Å². The van der Waals surface area contributed by atoms with Gasteiger partial charge in [0.1, 0.15) is 0 Å². The molecule has 4 aromatic carbocycles. The minimum Gasteiger partial charge on any atom is -0.213 e. The van der Waals surface area contributed by atoms with Crippen molar-refractivity contribution in [3.8, 4) is 0 Å². The second kappa shape index (κ2) is 12.0. The standard InChI is InChI=1S/C21H22Si.C9H15Si.Li/c1-15-16(2)18(4)21(17(15)3)22(19-11-7-5-8-12-19)20-13-9-6-10-14-20;1-10(2,3)8-9-6-4-5-7-9;/h5-14H,1-4H3;4-7H,8H2,1-3H3;/q2*-1;+1. The predicted octanol–water partition coefficient (Wildman–Crippen LogP) is 2.98. The molecule has 0 atom stereocenters. The molecule has 3 heteroatoms. The zero-order chi connectivity index (χ0) is 23.3. The second-order valence-corrected chi connectivity index (χ2v) is 17.9. The first-order chi connectivity index (χ1) is 15.2. The Morgan fingerprint density at radius 1 is 0.758 bits per heavy atom. The zero-order valence-electron chi connectivity index (χ0n) is 21.8. The van der Waals surface area contributed by atoms with Crippen LogP contribution in [0.4, 0.5) is 0 Å². The fourth-order valence-electron chi connectivity index (χ4n) is 4.40. The van der Waals surface area contributed by atoms with Gasteiger partial charge in [0.15, 0.2) is 0 Å². The molecule has 0 heterocycles. The molecule has 0 bridgehead atoms. The molecule has 0 amide bonds. The molecule has 33 heavy (non-hydrogen) atoms. The van der Waals surface area contributed by atoms with Crippen molar-refractivity contribution in [1.29, 1.82) is 0 Å². The third-order valence-electron chi connectivity index (χ3n) is 6.28. The van der Waals surface area contributed by atoms with E-state index < -0.39 is 16.9 Å². The van der Waals surface area contributed by atoms with E-state index in [2.05, 4.69) is 132 Å². The van der Waals surface area contributed by atoms with Crippen LogP contribution in [-0.2, 0) is 6.04 Å². The Labute approximate surface area is 216 Å². The van der Waals surface area contributed by atoms with E-state index in [0.717, 1.165) is 0 Å². The molecule has 0 aliphatic heterocycles. The smallest absolute Gasteiger partial charge is 0.213 e. The summed E-state index contributed by atoms with van der Waals surface area (Å²) in [7, 11) is -1.80. The largest absolute Gasteiger partial charge is 1.00 e. The summed E-state index contributed by atoms with van der Waals surface area (Å²) >= 11 is 0. The molecule has 0 aliphatic rings. The summed E-state index contributed by atoms with van der Waals surface area (Å²) < 4.78 is 0. The fraction of sp³-hybridized carbons (Fsp3) is 0.267. The van der Waals surface area contributed by atoms with Crippen LogP contribution in [-0.4, -0.2) is 16.9 Å². The van der Waals surface area contributed by atoms with Crippen molar-refractivity contribution in [3.05, 3.63) is 113 Å². The van der Waals surface area contributed by atoms with Crippen molar-refractivity contribution in [2.75, 3.05) is 0 Å². The maximum Gasteiger partial charge on any atom is 1.00 e. The van der Waals surface area contributed by atoms with Gasteiger partial charge in [-0.2, -0.15) is 45.1 Å². The number of hydrogen-bond donors (Lipinski definition) is 0. The molecule has 0 saturated carbocycles. The van der Waals surface area contributed by atoms with Crippen molar-refractivity contribution in [3.63, 3.8) is 0 Å². The average molecular weight is 461 g/mol. The van der Waals surface area contributed by atoms with E-state index in [9.17, 15) is 0 Å². The Balaban J connectivity index is 0.000000297. The van der Waals surface area contributed by atoms with Gasteiger partial charge >= 0.3 is 18.9 Å². The predicted molar refractivity (Wildman–Crippen MR) is 148 cm³/mol. The third kappa shape index (κ3) is 7.08. The average Bonchev–Trinajstić information content (AvgIpc) is 3.34. The van der Waals surface area contributed by atoms with Crippen LogP contribution in [0.15, 0.2) is 84.9 Å². The molecule has 0 N–H and O–H groups in total. The summed E-state index contributed by atoms with van der Waals surface area (Å²) in [6.07, 6.45) is 0. The van der Waals surface area contributed by atoms with Gasteiger partial charge in [0.25, 0.3) is 0 Å². The molecular weight excluding hydrogens is 423 g/mol. The molecule has 4 rings (SSSR count). The summed E-state index contributed by atoms with van der Waals surface area (Å²) in [4.78, 5) is 0. The van der Waals surface area contributed by atoms with Crippen LogP contribution in [0.1, 0.15) is 27.8 Å². The second-order valence-electron chi connectivity index (χ2n) is 10.0. The maximum atomic E-state index is 2.40. The normalized spacial score (nSPS) is 11.0. The quantitative estimate of drug-likeness (QED) is 0.317. The maximum absolute atomic E-state index is 2.40. The molecule has 0 aromatic heterocycles. The van der Waals surface area contributed by atoms with Gasteiger partial charge in [-0.05, 0) is 0 Å². The first-order valence-electron chi connectivity index (χ1n) is 11.6. The Morgan fingerprint density at radius 3 is 1.64 bits per heavy atom. The molecule has 0 spiro atoms. The third-order valence-corrected chi connectivity index (χ3v) is 10.8. The Kier molecular flexibility index (Phi) is 10.0. The number of benzene rings is 2. The van der Waals surface area contributed by atoms with Crippen molar-refractivity contribution in [2.45, 2.75) is 53.4 Å². The number of rotatable bonds is 5. The summed E-state index contributed by atoms with van der Waals surface area (Å²) in [5.74, 6) is 0. The van der Waals surface area contributed by atoms with E-state index >= 15 is 0 Å². The SMILES string of the molecule is C[Si](C)(C)Cc1ccc[cH-]1.Cc1c([Si](c2ccccc2)c2ccccc2)c(C)[c-](C)c1C.[Li+]. The van der Waals surface area contributed by atoms with Crippen LogP contribution in [0.5, 0.6) is 0 Å². The molecular formula is C30H37LiSi2-. The molecule has 4 aromatic rings. The molecule has 0 aliphatic carbocycles. The molecule has 167 valence electrons. The van der Waals surface area contributed by atoms with Gasteiger partial charge in [-0.1, -0.05) is 124 Å². The first-order valence-corrected chi connectivity index (χ1v) is 16.8. The van der Waals surface area contributed by atoms with Crippen molar-refractivity contribution >= 4 is 32.4 Å². The van der Waals surface area contributed by atoms with E-state index in [0.29, 0.717) is 0 Å². The van der Waals surface area contributed by atoms with E-state index in [1.54, 1.807) is 5.19 Å². The van der Waals surface area contributed by atoms with Gasteiger partial charge in [0.2, 0.25) is 0 Å². The fourth-order valence-corrected chi connectivity index (χ4v) is 8.95. The number of hydrogen-bond acceptors (Lipinski definition) is 0.